The molecule has 22 heavy (non-hydrogen) atoms. The average molecular weight is 302 g/mol. The topological polar surface area (TPSA) is 70.4 Å². The number of hydrogen-bond acceptors (Lipinski definition) is 6. The summed E-state index contributed by atoms with van der Waals surface area (Å²) in [7, 11) is 0. The Labute approximate surface area is 131 Å². The molecule has 6 nitrogen and oxygen atoms in total. The third kappa shape index (κ3) is 3.55. The summed E-state index contributed by atoms with van der Waals surface area (Å²) in [5, 5.41) is 12.5. The van der Waals surface area contributed by atoms with Crippen molar-refractivity contribution >= 4 is 5.82 Å². The minimum Gasteiger partial charge on any atom is -0.381 e. The summed E-state index contributed by atoms with van der Waals surface area (Å²) in [5.74, 6) is 1.20. The molecule has 6 heteroatoms. The lowest BCUT2D eigenvalue weighted by Crippen LogP contribution is -2.50. The van der Waals surface area contributed by atoms with E-state index in [1.165, 1.54) is 0 Å². The average Bonchev–Trinajstić information content (AvgIpc) is 3.11. The Bertz CT molecular complexity index is 519. The number of hydrogen-bond donors (Lipinski definition) is 1. The van der Waals surface area contributed by atoms with Gasteiger partial charge >= 0.3 is 0 Å². The maximum Gasteiger partial charge on any atom is 0.143 e. The van der Waals surface area contributed by atoms with E-state index in [0.29, 0.717) is 23.3 Å². The number of rotatable bonds is 5. The van der Waals surface area contributed by atoms with Crippen LogP contribution < -0.4 is 5.32 Å². The summed E-state index contributed by atoms with van der Waals surface area (Å²) >= 11 is 0. The Balaban J connectivity index is 1.68. The van der Waals surface area contributed by atoms with Gasteiger partial charge < -0.3 is 14.8 Å². The molecule has 0 amide bonds. The molecular formula is C16H22N4O2. The van der Waals surface area contributed by atoms with Crippen LogP contribution in [0.2, 0.25) is 0 Å². The van der Waals surface area contributed by atoms with Crippen LogP contribution in [0.25, 0.3) is 0 Å². The number of pyridine rings is 1. The smallest absolute Gasteiger partial charge is 0.143 e. The van der Waals surface area contributed by atoms with E-state index in [1.807, 2.05) is 0 Å². The van der Waals surface area contributed by atoms with Gasteiger partial charge in [-0.05, 0) is 18.6 Å². The summed E-state index contributed by atoms with van der Waals surface area (Å²) in [6.07, 6.45) is 2.81. The maximum absolute atomic E-state index is 9.17. The lowest BCUT2D eigenvalue weighted by atomic mass is 9.97. The molecule has 2 aliphatic rings. The number of nitriles is 1. The lowest BCUT2D eigenvalue weighted by Gasteiger charge is -2.37. The van der Waals surface area contributed by atoms with Crippen LogP contribution in [0, 0.1) is 17.2 Å². The first-order valence-corrected chi connectivity index (χ1v) is 7.87. The van der Waals surface area contributed by atoms with Gasteiger partial charge in [-0.1, -0.05) is 0 Å². The number of aromatic nitrogens is 1. The molecule has 0 aromatic carbocycles. The van der Waals surface area contributed by atoms with E-state index in [2.05, 4.69) is 21.3 Å². The first-order chi connectivity index (χ1) is 10.9. The second-order valence-electron chi connectivity index (χ2n) is 5.73. The van der Waals surface area contributed by atoms with E-state index in [1.54, 1.807) is 18.3 Å². The molecule has 3 heterocycles. The molecule has 3 rings (SSSR count). The van der Waals surface area contributed by atoms with Gasteiger partial charge in [-0.3, -0.25) is 4.90 Å². The Kier molecular flexibility index (Phi) is 5.22. The highest BCUT2D eigenvalue weighted by Gasteiger charge is 2.31. The Morgan fingerprint density at radius 2 is 2.23 bits per heavy atom. The summed E-state index contributed by atoms with van der Waals surface area (Å²) < 4.78 is 11.0. The molecule has 0 spiro atoms. The van der Waals surface area contributed by atoms with E-state index in [0.717, 1.165) is 52.5 Å². The van der Waals surface area contributed by atoms with E-state index in [4.69, 9.17) is 14.7 Å². The van der Waals surface area contributed by atoms with E-state index in [9.17, 15) is 0 Å². The van der Waals surface area contributed by atoms with E-state index < -0.39 is 0 Å². The standard InChI is InChI=1S/C16H22N4O2/c17-10-13-2-1-4-18-16(13)19-11-15(14-3-7-22-12-14)20-5-8-21-9-6-20/h1-2,4,14-15H,3,5-9,11-12H2,(H,18,19)/t14-,15-/m1/s1. The fraction of sp³-hybridized carbons (Fsp3) is 0.625. The highest BCUT2D eigenvalue weighted by Crippen LogP contribution is 2.23. The molecule has 0 radical (unpaired) electrons. The zero-order valence-electron chi connectivity index (χ0n) is 12.7. The second-order valence-corrected chi connectivity index (χ2v) is 5.73. The van der Waals surface area contributed by atoms with Crippen LogP contribution in [0.4, 0.5) is 5.82 Å². The van der Waals surface area contributed by atoms with Crippen molar-refractivity contribution in [2.75, 3.05) is 51.4 Å². The SMILES string of the molecule is N#Cc1cccnc1NC[C@H]([C@@H]1CCOC1)N1CCOCC1. The van der Waals surface area contributed by atoms with Crippen LogP contribution >= 0.6 is 0 Å². The molecule has 2 fully saturated rings. The molecular weight excluding hydrogens is 280 g/mol. The zero-order valence-corrected chi connectivity index (χ0v) is 12.7. The Morgan fingerprint density at radius 1 is 1.36 bits per heavy atom. The molecule has 1 N–H and O–H groups in total. The molecule has 2 saturated heterocycles. The first-order valence-electron chi connectivity index (χ1n) is 7.87. The molecule has 0 aliphatic carbocycles. The van der Waals surface area contributed by atoms with Crippen LogP contribution in [0.3, 0.4) is 0 Å². The van der Waals surface area contributed by atoms with E-state index >= 15 is 0 Å². The van der Waals surface area contributed by atoms with Gasteiger partial charge in [-0.15, -0.1) is 0 Å². The van der Waals surface area contributed by atoms with Crippen LogP contribution in [-0.2, 0) is 9.47 Å². The van der Waals surface area contributed by atoms with Crippen molar-refractivity contribution in [1.82, 2.24) is 9.88 Å². The molecule has 118 valence electrons. The van der Waals surface area contributed by atoms with Gasteiger partial charge in [-0.2, -0.15) is 5.26 Å². The van der Waals surface area contributed by atoms with Crippen molar-refractivity contribution in [3.05, 3.63) is 23.9 Å². The fourth-order valence-corrected chi connectivity index (χ4v) is 3.20. The van der Waals surface area contributed by atoms with Crippen LogP contribution in [0.15, 0.2) is 18.3 Å². The van der Waals surface area contributed by atoms with Crippen LogP contribution in [0.1, 0.15) is 12.0 Å². The minimum absolute atomic E-state index is 0.389. The molecule has 1 aromatic heterocycles. The third-order valence-electron chi connectivity index (χ3n) is 4.43. The summed E-state index contributed by atoms with van der Waals surface area (Å²) in [6, 6.07) is 6.15. The fourth-order valence-electron chi connectivity index (χ4n) is 3.20. The van der Waals surface area contributed by atoms with Crippen molar-refractivity contribution in [3.8, 4) is 6.07 Å². The van der Waals surface area contributed by atoms with Crippen molar-refractivity contribution in [2.24, 2.45) is 5.92 Å². The summed E-state index contributed by atoms with van der Waals surface area (Å²) in [5.41, 5.74) is 0.589. The number of anilines is 1. The summed E-state index contributed by atoms with van der Waals surface area (Å²) in [4.78, 5) is 6.76. The Morgan fingerprint density at radius 3 is 2.95 bits per heavy atom. The molecule has 0 unspecified atom stereocenters. The minimum atomic E-state index is 0.389. The first kappa shape index (κ1) is 15.2. The van der Waals surface area contributed by atoms with Gasteiger partial charge in [-0.25, -0.2) is 4.98 Å². The van der Waals surface area contributed by atoms with Crippen molar-refractivity contribution < 1.29 is 9.47 Å². The van der Waals surface area contributed by atoms with Crippen LogP contribution in [-0.4, -0.2) is 62.0 Å². The molecule has 0 saturated carbocycles. The number of morpholine rings is 1. The van der Waals surface area contributed by atoms with Crippen molar-refractivity contribution in [2.45, 2.75) is 12.5 Å². The number of nitrogens with one attached hydrogen (secondary N) is 1. The highest BCUT2D eigenvalue weighted by atomic mass is 16.5. The van der Waals surface area contributed by atoms with Crippen molar-refractivity contribution in [3.63, 3.8) is 0 Å². The maximum atomic E-state index is 9.17. The predicted molar refractivity (Wildman–Crippen MR) is 82.5 cm³/mol. The summed E-state index contributed by atoms with van der Waals surface area (Å²) in [6.45, 7) is 5.93. The van der Waals surface area contributed by atoms with Crippen LogP contribution in [0.5, 0.6) is 0 Å². The quantitative estimate of drug-likeness (QED) is 0.878. The Hall–Kier alpha value is -1.68. The van der Waals surface area contributed by atoms with E-state index in [-0.39, 0.29) is 0 Å². The largest absolute Gasteiger partial charge is 0.381 e. The molecule has 2 aliphatic heterocycles. The van der Waals surface area contributed by atoms with Gasteiger partial charge in [0.2, 0.25) is 0 Å². The predicted octanol–water partition coefficient (Wildman–Crippen LogP) is 1.10. The molecule has 0 bridgehead atoms. The molecule has 1 aromatic rings. The van der Waals surface area contributed by atoms with Gasteiger partial charge in [0.15, 0.2) is 0 Å². The van der Waals surface area contributed by atoms with Gasteiger partial charge in [0.05, 0.1) is 25.4 Å². The third-order valence-corrected chi connectivity index (χ3v) is 4.43. The monoisotopic (exact) mass is 302 g/mol. The van der Waals surface area contributed by atoms with Gasteiger partial charge in [0.1, 0.15) is 11.9 Å². The zero-order chi connectivity index (χ0) is 15.2. The van der Waals surface area contributed by atoms with Crippen molar-refractivity contribution in [1.29, 1.82) is 5.26 Å². The highest BCUT2D eigenvalue weighted by molar-refractivity contribution is 5.51. The molecule has 2 atom stereocenters. The number of nitrogens with zero attached hydrogens (tertiary/aromatic N) is 3. The van der Waals surface area contributed by atoms with Gasteiger partial charge in [0.25, 0.3) is 0 Å². The lowest BCUT2D eigenvalue weighted by molar-refractivity contribution is 0.00460. The number of ether oxygens (including phenoxy) is 2. The van der Waals surface area contributed by atoms with Gasteiger partial charge in [0, 0.05) is 44.4 Å². The normalized spacial score (nSPS) is 23.9. The second kappa shape index (κ2) is 7.54.